The number of aromatic carboxylic acids is 1. The van der Waals surface area contributed by atoms with E-state index in [-0.39, 0.29) is 40.5 Å². The number of ether oxygens (including phenoxy) is 2. The molecule has 0 amide bonds. The number of esters is 1. The molecular formula is C33H31FN2O6. The third kappa shape index (κ3) is 4.13. The second kappa shape index (κ2) is 9.31. The Morgan fingerprint density at radius 3 is 2.52 bits per heavy atom. The summed E-state index contributed by atoms with van der Waals surface area (Å²) in [5.41, 5.74) is -0.716. The van der Waals surface area contributed by atoms with E-state index in [1.165, 1.54) is 6.20 Å². The minimum atomic E-state index is -1.39. The molecule has 3 unspecified atom stereocenters. The zero-order chi connectivity index (χ0) is 29.5. The summed E-state index contributed by atoms with van der Waals surface area (Å²) in [6.07, 6.45) is 3.84. The maximum Gasteiger partial charge on any atom is 0.341 e. The van der Waals surface area contributed by atoms with Gasteiger partial charge in [0.15, 0.2) is 17.3 Å². The van der Waals surface area contributed by atoms with Gasteiger partial charge in [0.1, 0.15) is 22.4 Å². The summed E-state index contributed by atoms with van der Waals surface area (Å²) in [6, 6.07) is 12.5. The molecule has 3 atom stereocenters. The number of aromatic nitrogens is 1. The lowest BCUT2D eigenvalue weighted by Crippen LogP contribution is -2.37. The quantitative estimate of drug-likeness (QED) is 0.255. The summed E-state index contributed by atoms with van der Waals surface area (Å²) >= 11 is 0. The zero-order valence-corrected chi connectivity index (χ0v) is 23.6. The average Bonchev–Trinajstić information content (AvgIpc) is 3.36. The van der Waals surface area contributed by atoms with Crippen molar-refractivity contribution in [1.82, 2.24) is 4.57 Å². The van der Waals surface area contributed by atoms with Gasteiger partial charge in [-0.05, 0) is 74.4 Å². The van der Waals surface area contributed by atoms with E-state index in [1.54, 1.807) is 4.57 Å². The molecule has 0 radical (unpaired) electrons. The van der Waals surface area contributed by atoms with Crippen LogP contribution >= 0.6 is 0 Å². The van der Waals surface area contributed by atoms with E-state index in [2.05, 4.69) is 0 Å². The highest BCUT2D eigenvalue weighted by Gasteiger charge is 2.46. The smallest absolute Gasteiger partial charge is 0.341 e. The standard InChI is InChI=1S/C33H31FN2O6/c1-33(2,3)42-32(40)20-10-6-9-19-14-35(15-22(19)20)28-24(34)13-21-27-30(28)41-26-12-18-8-5-4-7-17(18)11-25(26)36(27)16-23(29(21)37)31(38)39/h4-5,7-8,11-13,16,19-20,22H,6,9-10,14-15H2,1-3H3,(H,38,39). The number of anilines is 1. The number of carbonyl (C=O) groups excluding carboxylic acids is 1. The van der Waals surface area contributed by atoms with Gasteiger partial charge in [0, 0.05) is 19.3 Å². The van der Waals surface area contributed by atoms with Crippen LogP contribution in [0.25, 0.3) is 27.4 Å². The molecule has 0 spiro atoms. The summed E-state index contributed by atoms with van der Waals surface area (Å²) in [5, 5.41) is 11.6. The first kappa shape index (κ1) is 26.5. The number of carboxylic acid groups (broad SMARTS) is 1. The molecule has 1 aliphatic carbocycles. The first-order valence-corrected chi connectivity index (χ1v) is 14.3. The van der Waals surface area contributed by atoms with Crippen LogP contribution in [0.1, 0.15) is 50.4 Å². The minimum Gasteiger partial charge on any atom is -0.477 e. The van der Waals surface area contributed by atoms with Crippen molar-refractivity contribution in [2.75, 3.05) is 18.0 Å². The van der Waals surface area contributed by atoms with E-state index >= 15 is 4.39 Å². The number of fused-ring (bicyclic) bond motifs is 4. The highest BCUT2D eigenvalue weighted by molar-refractivity contribution is 6.00. The monoisotopic (exact) mass is 570 g/mol. The largest absolute Gasteiger partial charge is 0.477 e. The first-order chi connectivity index (χ1) is 20.0. The average molecular weight is 571 g/mol. The van der Waals surface area contributed by atoms with Gasteiger partial charge < -0.3 is 24.0 Å². The SMILES string of the molecule is CC(C)(C)OC(=O)C1CCCC2CN(c3c(F)cc4c(=O)c(C(=O)O)cn5c4c3Oc3cc4ccccc4cc3-5)CC21. The molecule has 3 heterocycles. The molecule has 42 heavy (non-hydrogen) atoms. The first-order valence-electron chi connectivity index (χ1n) is 14.3. The van der Waals surface area contributed by atoms with Crippen LogP contribution in [0.3, 0.4) is 0 Å². The summed E-state index contributed by atoms with van der Waals surface area (Å²) < 4.78 is 30.0. The van der Waals surface area contributed by atoms with E-state index in [0.29, 0.717) is 30.0 Å². The van der Waals surface area contributed by atoms with Gasteiger partial charge in [-0.3, -0.25) is 9.59 Å². The lowest BCUT2D eigenvalue weighted by Gasteiger charge is -2.33. The van der Waals surface area contributed by atoms with E-state index in [9.17, 15) is 19.5 Å². The summed E-state index contributed by atoms with van der Waals surface area (Å²) in [6.45, 7) is 6.54. The maximum absolute atomic E-state index is 16.2. The Labute approximate surface area is 241 Å². The number of benzene rings is 3. The zero-order valence-electron chi connectivity index (χ0n) is 23.6. The molecule has 1 N–H and O–H groups in total. The van der Waals surface area contributed by atoms with Crippen molar-refractivity contribution in [2.24, 2.45) is 17.8 Å². The van der Waals surface area contributed by atoms with E-state index in [0.717, 1.165) is 36.1 Å². The molecule has 0 bridgehead atoms. The number of halogens is 1. The molecule has 1 aromatic heterocycles. The Morgan fingerprint density at radius 1 is 1.07 bits per heavy atom. The fraction of sp³-hybridized carbons (Fsp3) is 0.364. The molecule has 9 heteroatoms. The fourth-order valence-electron chi connectivity index (χ4n) is 7.06. The lowest BCUT2D eigenvalue weighted by atomic mass is 9.74. The Kier molecular flexibility index (Phi) is 5.87. The van der Waals surface area contributed by atoms with Crippen molar-refractivity contribution in [3.8, 4) is 17.2 Å². The minimum absolute atomic E-state index is 0.00713. The van der Waals surface area contributed by atoms with Crippen molar-refractivity contribution in [3.63, 3.8) is 0 Å². The van der Waals surface area contributed by atoms with Gasteiger partial charge in [-0.15, -0.1) is 0 Å². The molecule has 8 nitrogen and oxygen atoms in total. The van der Waals surface area contributed by atoms with Gasteiger partial charge in [0.25, 0.3) is 0 Å². The second-order valence-electron chi connectivity index (χ2n) is 12.6. The van der Waals surface area contributed by atoms with Crippen molar-refractivity contribution in [1.29, 1.82) is 0 Å². The van der Waals surface area contributed by atoms with E-state index < -0.39 is 28.4 Å². The molecule has 216 valence electrons. The molecule has 4 aromatic rings. The normalized spacial score (nSPS) is 21.1. The maximum atomic E-state index is 16.2. The molecule has 2 aliphatic heterocycles. The van der Waals surface area contributed by atoms with E-state index in [1.807, 2.05) is 62.1 Å². The van der Waals surface area contributed by atoms with Crippen molar-refractivity contribution >= 4 is 39.3 Å². The Bertz CT molecular complexity index is 1870. The topological polar surface area (TPSA) is 98.1 Å². The molecule has 1 saturated carbocycles. The van der Waals surface area contributed by atoms with E-state index in [4.69, 9.17) is 9.47 Å². The van der Waals surface area contributed by atoms with Crippen LogP contribution in [0.5, 0.6) is 11.5 Å². The van der Waals surface area contributed by atoms with Crippen LogP contribution in [0, 0.1) is 23.6 Å². The number of pyridine rings is 1. The third-order valence-corrected chi connectivity index (χ3v) is 8.82. The molecule has 2 fully saturated rings. The number of hydrogen-bond donors (Lipinski definition) is 1. The van der Waals surface area contributed by atoms with Gasteiger partial charge in [-0.1, -0.05) is 30.7 Å². The lowest BCUT2D eigenvalue weighted by molar-refractivity contribution is -0.163. The third-order valence-electron chi connectivity index (χ3n) is 8.82. The highest BCUT2D eigenvalue weighted by Crippen LogP contribution is 2.50. The summed E-state index contributed by atoms with van der Waals surface area (Å²) in [7, 11) is 0. The van der Waals surface area contributed by atoms with Crippen LogP contribution in [0.15, 0.2) is 53.5 Å². The number of nitrogens with zero attached hydrogens (tertiary/aromatic N) is 2. The van der Waals surface area contributed by atoms with Gasteiger partial charge in [0.2, 0.25) is 5.43 Å². The Hall–Kier alpha value is -4.40. The van der Waals surface area contributed by atoms with Crippen LogP contribution in [0.2, 0.25) is 0 Å². The van der Waals surface area contributed by atoms with Crippen LogP contribution in [-0.2, 0) is 9.53 Å². The molecule has 7 rings (SSSR count). The number of rotatable bonds is 3. The Morgan fingerprint density at radius 2 is 1.81 bits per heavy atom. The van der Waals surface area contributed by atoms with Crippen molar-refractivity contribution in [2.45, 2.75) is 45.6 Å². The molecule has 3 aliphatic rings. The van der Waals surface area contributed by atoms with Crippen LogP contribution in [0.4, 0.5) is 10.1 Å². The second-order valence-corrected chi connectivity index (χ2v) is 12.6. The van der Waals surface area contributed by atoms with Crippen LogP contribution in [-0.4, -0.2) is 40.3 Å². The molecular weight excluding hydrogens is 539 g/mol. The summed E-state index contributed by atoms with van der Waals surface area (Å²) in [5.74, 6) is -1.78. The van der Waals surface area contributed by atoms with Gasteiger partial charge in [-0.25, -0.2) is 9.18 Å². The van der Waals surface area contributed by atoms with Crippen molar-refractivity contribution in [3.05, 3.63) is 70.3 Å². The number of carboxylic acids is 1. The predicted molar refractivity (Wildman–Crippen MR) is 156 cm³/mol. The Balaban J connectivity index is 1.39. The molecule has 3 aromatic carbocycles. The summed E-state index contributed by atoms with van der Waals surface area (Å²) in [4.78, 5) is 40.4. The fourth-order valence-corrected chi connectivity index (χ4v) is 7.06. The number of carbonyl (C=O) groups is 2. The molecule has 1 saturated heterocycles. The van der Waals surface area contributed by atoms with Gasteiger partial charge in [-0.2, -0.15) is 0 Å². The number of hydrogen-bond acceptors (Lipinski definition) is 6. The van der Waals surface area contributed by atoms with Gasteiger partial charge in [0.05, 0.1) is 17.0 Å². The predicted octanol–water partition coefficient (Wildman–Crippen LogP) is 6.28. The highest BCUT2D eigenvalue weighted by atomic mass is 19.1. The van der Waals surface area contributed by atoms with Gasteiger partial charge >= 0.3 is 11.9 Å². The van der Waals surface area contributed by atoms with Crippen LogP contribution < -0.4 is 15.1 Å². The van der Waals surface area contributed by atoms with Crippen molar-refractivity contribution < 1.29 is 28.6 Å².